The van der Waals surface area contributed by atoms with E-state index in [1.54, 1.807) is 14.2 Å². The van der Waals surface area contributed by atoms with Crippen LogP contribution in [-0.2, 0) is 0 Å². The third kappa shape index (κ3) is 3.69. The quantitative estimate of drug-likeness (QED) is 0.875. The van der Waals surface area contributed by atoms with E-state index in [1.807, 2.05) is 12.1 Å². The molecular formula is C17H28N2O2. The lowest BCUT2D eigenvalue weighted by Gasteiger charge is -2.40. The van der Waals surface area contributed by atoms with Crippen molar-refractivity contribution >= 4 is 0 Å². The fraction of sp³-hybridized carbons (Fsp3) is 0.647. The number of nitrogens with zero attached hydrogens (tertiary/aromatic N) is 1. The molecule has 0 aromatic heterocycles. The Morgan fingerprint density at radius 2 is 2.10 bits per heavy atom. The van der Waals surface area contributed by atoms with Crippen LogP contribution in [0.3, 0.4) is 0 Å². The maximum absolute atomic E-state index is 5.79. The number of nitrogens with two attached hydrogens (primary N) is 1. The Bertz CT molecular complexity index is 448. The second-order valence-electron chi connectivity index (χ2n) is 5.75. The summed E-state index contributed by atoms with van der Waals surface area (Å²) in [4.78, 5) is 2.58. The van der Waals surface area contributed by atoms with Gasteiger partial charge in [0.25, 0.3) is 0 Å². The number of hydrogen-bond acceptors (Lipinski definition) is 4. The van der Waals surface area contributed by atoms with E-state index >= 15 is 0 Å². The maximum atomic E-state index is 5.79. The van der Waals surface area contributed by atoms with E-state index in [9.17, 15) is 0 Å². The van der Waals surface area contributed by atoms with Crippen LogP contribution in [0.15, 0.2) is 18.2 Å². The molecule has 1 aliphatic rings. The Hall–Kier alpha value is -1.26. The molecule has 0 aliphatic carbocycles. The molecule has 1 aliphatic heterocycles. The first-order chi connectivity index (χ1) is 10.2. The summed E-state index contributed by atoms with van der Waals surface area (Å²) in [5.74, 6) is 1.81. The highest BCUT2D eigenvalue weighted by atomic mass is 16.5. The van der Waals surface area contributed by atoms with Gasteiger partial charge in [-0.15, -0.1) is 0 Å². The fourth-order valence-electron chi connectivity index (χ4n) is 3.38. The van der Waals surface area contributed by atoms with Gasteiger partial charge < -0.3 is 15.2 Å². The molecular weight excluding hydrogens is 264 g/mol. The summed E-state index contributed by atoms with van der Waals surface area (Å²) in [7, 11) is 3.43. The van der Waals surface area contributed by atoms with E-state index in [-0.39, 0.29) is 0 Å². The maximum Gasteiger partial charge on any atom is 0.123 e. The van der Waals surface area contributed by atoms with Crippen LogP contribution in [0.25, 0.3) is 0 Å². The third-order valence-electron chi connectivity index (χ3n) is 4.56. The van der Waals surface area contributed by atoms with Crippen molar-refractivity contribution in [1.82, 2.24) is 4.90 Å². The van der Waals surface area contributed by atoms with E-state index in [2.05, 4.69) is 17.9 Å². The molecule has 0 spiro atoms. The van der Waals surface area contributed by atoms with Gasteiger partial charge in [-0.05, 0) is 57.5 Å². The average molecular weight is 292 g/mol. The van der Waals surface area contributed by atoms with Crippen LogP contribution in [0.4, 0.5) is 0 Å². The summed E-state index contributed by atoms with van der Waals surface area (Å²) < 4.78 is 10.9. The van der Waals surface area contributed by atoms with Crippen molar-refractivity contribution in [2.75, 3.05) is 27.3 Å². The Kier molecular flexibility index (Phi) is 5.88. The van der Waals surface area contributed by atoms with Crippen molar-refractivity contribution in [2.45, 2.75) is 44.7 Å². The highest BCUT2D eigenvalue weighted by molar-refractivity contribution is 5.42. The molecule has 1 aromatic carbocycles. The number of rotatable bonds is 6. The molecule has 1 aromatic rings. The van der Waals surface area contributed by atoms with Gasteiger partial charge in [0.05, 0.1) is 14.2 Å². The molecule has 21 heavy (non-hydrogen) atoms. The van der Waals surface area contributed by atoms with Crippen molar-refractivity contribution in [3.8, 4) is 11.5 Å². The van der Waals surface area contributed by atoms with Crippen molar-refractivity contribution in [3.63, 3.8) is 0 Å². The summed E-state index contributed by atoms with van der Waals surface area (Å²) in [6.07, 6.45) is 4.88. The van der Waals surface area contributed by atoms with E-state index in [0.717, 1.165) is 31.0 Å². The highest BCUT2D eigenvalue weighted by Gasteiger charge is 2.28. The lowest BCUT2D eigenvalue weighted by Crippen LogP contribution is -2.42. The van der Waals surface area contributed by atoms with Gasteiger partial charge in [-0.1, -0.05) is 6.42 Å². The lowest BCUT2D eigenvalue weighted by atomic mass is 9.94. The van der Waals surface area contributed by atoms with Crippen LogP contribution >= 0.6 is 0 Å². The summed E-state index contributed by atoms with van der Waals surface area (Å²) in [5.41, 5.74) is 6.99. The first kappa shape index (κ1) is 16.1. The molecule has 0 radical (unpaired) electrons. The first-order valence-electron chi connectivity index (χ1n) is 7.89. The standard InChI is InChI=1S/C17H28N2O2/c1-13(19-11-5-4-6-14(19)9-10-18)16-12-15(20-2)7-8-17(16)21-3/h7-8,12-14H,4-6,9-11,18H2,1-3H3. The predicted molar refractivity (Wildman–Crippen MR) is 86.0 cm³/mol. The molecule has 0 amide bonds. The zero-order chi connectivity index (χ0) is 15.2. The molecule has 4 heteroatoms. The monoisotopic (exact) mass is 292 g/mol. The minimum atomic E-state index is 0.312. The molecule has 1 fully saturated rings. The van der Waals surface area contributed by atoms with E-state index in [0.29, 0.717) is 12.1 Å². The largest absolute Gasteiger partial charge is 0.497 e. The third-order valence-corrected chi connectivity index (χ3v) is 4.56. The summed E-state index contributed by atoms with van der Waals surface area (Å²) in [5, 5.41) is 0. The molecule has 4 nitrogen and oxygen atoms in total. The van der Waals surface area contributed by atoms with Crippen molar-refractivity contribution in [2.24, 2.45) is 5.73 Å². The second-order valence-corrected chi connectivity index (χ2v) is 5.75. The highest BCUT2D eigenvalue weighted by Crippen LogP contribution is 2.36. The van der Waals surface area contributed by atoms with Crippen molar-refractivity contribution in [1.29, 1.82) is 0 Å². The molecule has 2 unspecified atom stereocenters. The van der Waals surface area contributed by atoms with Crippen LogP contribution in [0, 0.1) is 0 Å². The minimum Gasteiger partial charge on any atom is -0.497 e. The molecule has 0 saturated carbocycles. The molecule has 2 rings (SSSR count). The summed E-state index contributed by atoms with van der Waals surface area (Å²) in [6, 6.07) is 6.92. The summed E-state index contributed by atoms with van der Waals surface area (Å²) >= 11 is 0. The fourth-order valence-corrected chi connectivity index (χ4v) is 3.38. The van der Waals surface area contributed by atoms with Crippen LogP contribution in [-0.4, -0.2) is 38.3 Å². The Morgan fingerprint density at radius 1 is 1.29 bits per heavy atom. The second kappa shape index (κ2) is 7.66. The van der Waals surface area contributed by atoms with Gasteiger partial charge >= 0.3 is 0 Å². The molecule has 2 N–H and O–H groups in total. The smallest absolute Gasteiger partial charge is 0.123 e. The van der Waals surface area contributed by atoms with Gasteiger partial charge in [0.1, 0.15) is 11.5 Å². The number of piperidine rings is 1. The average Bonchev–Trinajstić information content (AvgIpc) is 2.54. The number of likely N-dealkylation sites (tertiary alicyclic amines) is 1. The van der Waals surface area contributed by atoms with Gasteiger partial charge in [0, 0.05) is 17.6 Å². The SMILES string of the molecule is COc1ccc(OC)c(C(C)N2CCCCC2CCN)c1. The number of hydrogen-bond donors (Lipinski definition) is 1. The van der Waals surface area contributed by atoms with Gasteiger partial charge in [-0.2, -0.15) is 0 Å². The van der Waals surface area contributed by atoms with Crippen LogP contribution in [0.1, 0.15) is 44.2 Å². The predicted octanol–water partition coefficient (Wildman–Crippen LogP) is 2.97. The van der Waals surface area contributed by atoms with E-state index in [4.69, 9.17) is 15.2 Å². The number of benzene rings is 1. The van der Waals surface area contributed by atoms with Crippen LogP contribution in [0.5, 0.6) is 11.5 Å². The van der Waals surface area contributed by atoms with E-state index < -0.39 is 0 Å². The number of methoxy groups -OCH3 is 2. The zero-order valence-corrected chi connectivity index (χ0v) is 13.5. The summed E-state index contributed by atoms with van der Waals surface area (Å²) in [6.45, 7) is 4.14. The Morgan fingerprint density at radius 3 is 2.76 bits per heavy atom. The molecule has 1 saturated heterocycles. The molecule has 1 heterocycles. The van der Waals surface area contributed by atoms with Gasteiger partial charge in [-0.25, -0.2) is 0 Å². The number of ether oxygens (including phenoxy) is 2. The Balaban J connectivity index is 2.26. The van der Waals surface area contributed by atoms with Gasteiger partial charge in [0.15, 0.2) is 0 Å². The minimum absolute atomic E-state index is 0.312. The van der Waals surface area contributed by atoms with Crippen molar-refractivity contribution < 1.29 is 9.47 Å². The molecule has 0 bridgehead atoms. The Labute approximate surface area is 128 Å². The van der Waals surface area contributed by atoms with Crippen LogP contribution in [0.2, 0.25) is 0 Å². The van der Waals surface area contributed by atoms with Crippen LogP contribution < -0.4 is 15.2 Å². The first-order valence-corrected chi connectivity index (χ1v) is 7.89. The topological polar surface area (TPSA) is 47.7 Å². The molecule has 118 valence electrons. The zero-order valence-electron chi connectivity index (χ0n) is 13.5. The lowest BCUT2D eigenvalue weighted by molar-refractivity contribution is 0.0969. The normalized spacial score (nSPS) is 21.0. The van der Waals surface area contributed by atoms with Gasteiger partial charge in [-0.3, -0.25) is 4.90 Å². The van der Waals surface area contributed by atoms with Gasteiger partial charge in [0.2, 0.25) is 0 Å². The van der Waals surface area contributed by atoms with Crippen molar-refractivity contribution in [3.05, 3.63) is 23.8 Å². The molecule has 2 atom stereocenters. The van der Waals surface area contributed by atoms with E-state index in [1.165, 1.54) is 24.8 Å².